The molecular formula is C23H27ClF2N2O3S. The standard InChI is InChI=1S/C23H27ClF2N2O3S/c1-15-8-10-28(11-9-23(15,3)14-29)32(30,31)22-12-17(4-6-21(22)26)16(2)27-18-5-7-20(25)19(24)13-18/h4-7,12-13,15,27,29H,2,8-11,14H2,1,3H3. The van der Waals surface area contributed by atoms with Gasteiger partial charge in [-0.1, -0.05) is 32.0 Å². The first-order valence-corrected chi connectivity index (χ1v) is 12.1. The maximum absolute atomic E-state index is 14.6. The molecule has 9 heteroatoms. The molecule has 0 spiro atoms. The fraction of sp³-hybridized carbons (Fsp3) is 0.391. The summed E-state index contributed by atoms with van der Waals surface area (Å²) in [5.41, 5.74) is 0.745. The van der Waals surface area contributed by atoms with Crippen LogP contribution in [0.5, 0.6) is 0 Å². The molecule has 1 aliphatic heterocycles. The van der Waals surface area contributed by atoms with E-state index in [1.54, 1.807) is 0 Å². The molecule has 2 unspecified atom stereocenters. The van der Waals surface area contributed by atoms with E-state index in [4.69, 9.17) is 11.6 Å². The van der Waals surface area contributed by atoms with Crippen LogP contribution < -0.4 is 5.32 Å². The zero-order valence-electron chi connectivity index (χ0n) is 18.0. The van der Waals surface area contributed by atoms with E-state index in [9.17, 15) is 22.3 Å². The van der Waals surface area contributed by atoms with Crippen molar-refractivity contribution in [1.82, 2.24) is 4.31 Å². The lowest BCUT2D eigenvalue weighted by atomic mass is 9.75. The molecule has 174 valence electrons. The molecule has 3 rings (SSSR count). The molecule has 0 aromatic heterocycles. The van der Waals surface area contributed by atoms with Gasteiger partial charge < -0.3 is 10.4 Å². The van der Waals surface area contributed by atoms with E-state index in [0.717, 1.165) is 6.07 Å². The van der Waals surface area contributed by atoms with E-state index in [1.807, 2.05) is 13.8 Å². The zero-order valence-corrected chi connectivity index (χ0v) is 19.6. The molecule has 5 nitrogen and oxygen atoms in total. The molecule has 0 bridgehead atoms. The molecule has 2 aromatic carbocycles. The molecule has 0 aliphatic carbocycles. The Hall–Kier alpha value is -2.00. The van der Waals surface area contributed by atoms with Crippen LogP contribution in [-0.4, -0.2) is 37.5 Å². The minimum atomic E-state index is -4.10. The first kappa shape index (κ1) is 24.6. The Balaban J connectivity index is 1.87. The van der Waals surface area contributed by atoms with Gasteiger partial charge in [-0.2, -0.15) is 4.31 Å². The number of nitrogens with zero attached hydrogens (tertiary/aromatic N) is 1. The average Bonchev–Trinajstić information content (AvgIpc) is 2.90. The van der Waals surface area contributed by atoms with Gasteiger partial charge in [-0.3, -0.25) is 0 Å². The van der Waals surface area contributed by atoms with Crippen molar-refractivity contribution in [3.63, 3.8) is 0 Å². The maximum atomic E-state index is 14.6. The minimum Gasteiger partial charge on any atom is -0.396 e. The lowest BCUT2D eigenvalue weighted by molar-refractivity contribution is 0.0826. The van der Waals surface area contributed by atoms with Crippen molar-refractivity contribution < 1.29 is 22.3 Å². The molecule has 2 N–H and O–H groups in total. The lowest BCUT2D eigenvalue weighted by Crippen LogP contribution is -2.33. The van der Waals surface area contributed by atoms with Crippen LogP contribution in [-0.2, 0) is 10.0 Å². The second kappa shape index (κ2) is 9.47. The fourth-order valence-corrected chi connectivity index (χ4v) is 5.47. The number of halogens is 3. The summed E-state index contributed by atoms with van der Waals surface area (Å²) < 4.78 is 55.9. The molecule has 2 atom stereocenters. The Morgan fingerprint density at radius 2 is 1.94 bits per heavy atom. The van der Waals surface area contributed by atoms with E-state index in [-0.39, 0.29) is 36.1 Å². The van der Waals surface area contributed by atoms with Gasteiger partial charge in [0.15, 0.2) is 0 Å². The van der Waals surface area contributed by atoms with Crippen LogP contribution in [0.4, 0.5) is 14.5 Å². The van der Waals surface area contributed by atoms with Crippen molar-refractivity contribution in [3.05, 3.63) is 65.2 Å². The highest BCUT2D eigenvalue weighted by atomic mass is 35.5. The average molecular weight is 485 g/mol. The van der Waals surface area contributed by atoms with E-state index in [1.165, 1.54) is 34.6 Å². The Bertz CT molecular complexity index is 1130. The molecule has 32 heavy (non-hydrogen) atoms. The SMILES string of the molecule is C=C(Nc1ccc(F)c(Cl)c1)c1ccc(F)c(S(=O)(=O)N2CCC(C)C(C)(CO)CC2)c1. The van der Waals surface area contributed by atoms with Gasteiger partial charge in [0.2, 0.25) is 10.0 Å². The van der Waals surface area contributed by atoms with Gasteiger partial charge >= 0.3 is 0 Å². The highest BCUT2D eigenvalue weighted by Gasteiger charge is 2.37. The second-order valence-corrected chi connectivity index (χ2v) is 10.8. The molecule has 1 fully saturated rings. The van der Waals surface area contributed by atoms with Gasteiger partial charge in [0.25, 0.3) is 0 Å². The molecule has 0 saturated carbocycles. The molecular weight excluding hydrogens is 458 g/mol. The molecule has 1 saturated heterocycles. The van der Waals surface area contributed by atoms with Crippen molar-refractivity contribution >= 4 is 33.0 Å². The highest BCUT2D eigenvalue weighted by Crippen LogP contribution is 2.37. The van der Waals surface area contributed by atoms with E-state index in [0.29, 0.717) is 29.8 Å². The third kappa shape index (κ3) is 4.98. The first-order chi connectivity index (χ1) is 15.0. The van der Waals surface area contributed by atoms with Crippen LogP contribution in [0.15, 0.2) is 47.9 Å². The molecule has 1 heterocycles. The summed E-state index contributed by atoms with van der Waals surface area (Å²) in [7, 11) is -4.10. The maximum Gasteiger partial charge on any atom is 0.246 e. The van der Waals surface area contributed by atoms with Crippen LogP contribution in [0, 0.1) is 23.0 Å². The summed E-state index contributed by atoms with van der Waals surface area (Å²) in [6.07, 6.45) is 1.04. The van der Waals surface area contributed by atoms with Gasteiger partial charge in [0.05, 0.1) is 5.02 Å². The van der Waals surface area contributed by atoms with E-state index in [2.05, 4.69) is 11.9 Å². The smallest absolute Gasteiger partial charge is 0.246 e. The fourth-order valence-electron chi connectivity index (χ4n) is 3.75. The van der Waals surface area contributed by atoms with Crippen LogP contribution >= 0.6 is 11.6 Å². The minimum absolute atomic E-state index is 0.0369. The number of rotatable bonds is 6. The number of aliphatic hydroxyl groups is 1. The first-order valence-electron chi connectivity index (χ1n) is 10.3. The number of sulfonamides is 1. The van der Waals surface area contributed by atoms with E-state index >= 15 is 0 Å². The quantitative estimate of drug-likeness (QED) is 0.597. The monoisotopic (exact) mass is 484 g/mol. The summed E-state index contributed by atoms with van der Waals surface area (Å²) in [6, 6.07) is 7.78. The molecule has 0 radical (unpaired) electrons. The molecule has 2 aromatic rings. The van der Waals surface area contributed by atoms with Gasteiger partial charge in [0, 0.05) is 31.1 Å². The van der Waals surface area contributed by atoms with Gasteiger partial charge in [-0.15, -0.1) is 0 Å². The third-order valence-corrected chi connectivity index (χ3v) is 8.61. The van der Waals surface area contributed by atoms with Crippen molar-refractivity contribution in [3.8, 4) is 0 Å². The number of benzene rings is 2. The van der Waals surface area contributed by atoms with Crippen molar-refractivity contribution in [1.29, 1.82) is 0 Å². The highest BCUT2D eigenvalue weighted by molar-refractivity contribution is 7.89. The third-order valence-electron chi connectivity index (χ3n) is 6.41. The van der Waals surface area contributed by atoms with E-state index < -0.39 is 26.6 Å². The van der Waals surface area contributed by atoms with Crippen LogP contribution in [0.2, 0.25) is 5.02 Å². The van der Waals surface area contributed by atoms with Crippen molar-refractivity contribution in [2.24, 2.45) is 11.3 Å². The van der Waals surface area contributed by atoms with Crippen molar-refractivity contribution in [2.75, 3.05) is 25.0 Å². The van der Waals surface area contributed by atoms with Gasteiger partial charge in [-0.05, 0) is 66.1 Å². The van der Waals surface area contributed by atoms with Gasteiger partial charge in [-0.25, -0.2) is 17.2 Å². The Morgan fingerprint density at radius 3 is 2.59 bits per heavy atom. The van der Waals surface area contributed by atoms with Crippen LogP contribution in [0.1, 0.15) is 32.3 Å². The summed E-state index contributed by atoms with van der Waals surface area (Å²) in [5, 5.41) is 12.6. The Morgan fingerprint density at radius 1 is 1.25 bits per heavy atom. The lowest BCUT2D eigenvalue weighted by Gasteiger charge is -2.31. The number of aliphatic hydroxyl groups excluding tert-OH is 1. The number of nitrogens with one attached hydrogen (secondary N) is 1. The Kier molecular flexibility index (Phi) is 7.29. The number of hydrogen-bond acceptors (Lipinski definition) is 4. The molecule has 1 aliphatic rings. The normalized spacial score (nSPS) is 22.4. The number of anilines is 1. The van der Waals surface area contributed by atoms with Crippen molar-refractivity contribution in [2.45, 2.75) is 31.6 Å². The molecule has 0 amide bonds. The second-order valence-electron chi connectivity index (χ2n) is 8.53. The summed E-state index contributed by atoms with van der Waals surface area (Å²) >= 11 is 5.79. The summed E-state index contributed by atoms with van der Waals surface area (Å²) in [4.78, 5) is -0.435. The largest absolute Gasteiger partial charge is 0.396 e. The Labute approximate surface area is 192 Å². The van der Waals surface area contributed by atoms with Crippen LogP contribution in [0.25, 0.3) is 5.70 Å². The topological polar surface area (TPSA) is 69.6 Å². The zero-order chi connectivity index (χ0) is 23.7. The predicted molar refractivity (Wildman–Crippen MR) is 123 cm³/mol. The summed E-state index contributed by atoms with van der Waals surface area (Å²) in [5.74, 6) is -1.30. The summed E-state index contributed by atoms with van der Waals surface area (Å²) in [6.45, 7) is 8.22. The predicted octanol–water partition coefficient (Wildman–Crippen LogP) is 5.12. The van der Waals surface area contributed by atoms with Gasteiger partial charge in [0.1, 0.15) is 16.5 Å². The van der Waals surface area contributed by atoms with Crippen LogP contribution in [0.3, 0.4) is 0 Å². The number of hydrogen-bond donors (Lipinski definition) is 2.